The maximum Gasteiger partial charge on any atom is 0.319 e. The summed E-state index contributed by atoms with van der Waals surface area (Å²) < 4.78 is 13.6. The monoisotopic (exact) mass is 362 g/mol. The molecule has 3 nitrogen and oxygen atoms in total. The first-order valence-corrected chi connectivity index (χ1v) is 9.04. The van der Waals surface area contributed by atoms with E-state index < -0.39 is 0 Å². The molecule has 0 bridgehead atoms. The van der Waals surface area contributed by atoms with Gasteiger partial charge in [-0.15, -0.1) is 0 Å². The molecule has 0 unspecified atom stereocenters. The summed E-state index contributed by atoms with van der Waals surface area (Å²) in [5.74, 6) is -0.134. The van der Waals surface area contributed by atoms with Crippen molar-refractivity contribution in [2.24, 2.45) is 0 Å². The van der Waals surface area contributed by atoms with Crippen LogP contribution < -0.4 is 10.6 Å². The van der Waals surface area contributed by atoms with Crippen molar-refractivity contribution < 1.29 is 9.18 Å². The Hall–Kier alpha value is -3.14. The molecule has 0 radical (unpaired) electrons. The maximum absolute atomic E-state index is 13.6. The normalized spacial score (nSPS) is 10.6. The number of urea groups is 1. The molecule has 138 valence electrons. The smallest absolute Gasteiger partial charge is 0.319 e. The Kier molecular flexibility index (Phi) is 6.21. The second-order valence-electron chi connectivity index (χ2n) is 6.51. The zero-order valence-corrected chi connectivity index (χ0v) is 15.3. The zero-order valence-electron chi connectivity index (χ0n) is 15.3. The highest BCUT2D eigenvalue weighted by molar-refractivity contribution is 5.89. The summed E-state index contributed by atoms with van der Waals surface area (Å²) >= 11 is 0. The second-order valence-corrected chi connectivity index (χ2v) is 6.51. The van der Waals surface area contributed by atoms with Crippen LogP contribution in [0.2, 0.25) is 0 Å². The highest BCUT2D eigenvalue weighted by Gasteiger charge is 2.14. The molecule has 0 fully saturated rings. The lowest BCUT2D eigenvalue weighted by Crippen LogP contribution is -2.30. The number of hydrogen-bond donors (Lipinski definition) is 2. The molecule has 0 spiro atoms. The molecule has 2 N–H and O–H groups in total. The number of aryl methyl sites for hydroxylation is 1. The minimum absolute atomic E-state index is 0.199. The first-order chi connectivity index (χ1) is 13.1. The van der Waals surface area contributed by atoms with E-state index >= 15 is 0 Å². The average Bonchev–Trinajstić information content (AvgIpc) is 2.69. The molecule has 0 saturated heterocycles. The van der Waals surface area contributed by atoms with E-state index in [1.807, 2.05) is 36.4 Å². The zero-order chi connectivity index (χ0) is 19.1. The molecule has 4 heteroatoms. The summed E-state index contributed by atoms with van der Waals surface area (Å²) in [6, 6.07) is 24.8. The second kappa shape index (κ2) is 8.99. The van der Waals surface area contributed by atoms with Crippen molar-refractivity contribution in [3.05, 3.63) is 101 Å². The van der Waals surface area contributed by atoms with Gasteiger partial charge in [-0.25, -0.2) is 9.18 Å². The quantitative estimate of drug-likeness (QED) is 0.599. The van der Waals surface area contributed by atoms with Gasteiger partial charge in [0.1, 0.15) is 5.82 Å². The number of anilines is 1. The van der Waals surface area contributed by atoms with Gasteiger partial charge >= 0.3 is 6.03 Å². The SMILES string of the molecule is Cc1ccc(NC(=O)NCCC(c2ccccc2)c2ccccc2)cc1F. The molecule has 0 atom stereocenters. The van der Waals surface area contributed by atoms with E-state index in [0.717, 1.165) is 6.42 Å². The van der Waals surface area contributed by atoms with E-state index in [2.05, 4.69) is 34.9 Å². The topological polar surface area (TPSA) is 41.1 Å². The highest BCUT2D eigenvalue weighted by atomic mass is 19.1. The van der Waals surface area contributed by atoms with Crippen LogP contribution in [0.15, 0.2) is 78.9 Å². The van der Waals surface area contributed by atoms with Gasteiger partial charge in [-0.3, -0.25) is 0 Å². The minimum Gasteiger partial charge on any atom is -0.338 e. The first-order valence-electron chi connectivity index (χ1n) is 9.04. The van der Waals surface area contributed by atoms with Gasteiger partial charge in [0.25, 0.3) is 0 Å². The van der Waals surface area contributed by atoms with Crippen molar-refractivity contribution in [3.63, 3.8) is 0 Å². The van der Waals surface area contributed by atoms with Gasteiger partial charge in [0.15, 0.2) is 0 Å². The summed E-state index contributed by atoms with van der Waals surface area (Å²) in [5, 5.41) is 5.54. The number of carbonyl (C=O) groups excluding carboxylic acids is 1. The molecule has 3 rings (SSSR count). The van der Waals surface area contributed by atoms with Crippen LogP contribution in [0.25, 0.3) is 0 Å². The number of benzene rings is 3. The molecule has 0 saturated carbocycles. The lowest BCUT2D eigenvalue weighted by atomic mass is 9.88. The summed E-state index contributed by atoms with van der Waals surface area (Å²) in [4.78, 5) is 12.1. The van der Waals surface area contributed by atoms with Crippen molar-refractivity contribution in [2.45, 2.75) is 19.3 Å². The predicted molar refractivity (Wildman–Crippen MR) is 108 cm³/mol. The highest BCUT2D eigenvalue weighted by Crippen LogP contribution is 2.27. The molecule has 0 aromatic heterocycles. The molecular weight excluding hydrogens is 339 g/mol. The molecule has 3 aromatic rings. The van der Waals surface area contributed by atoms with E-state index in [1.165, 1.54) is 17.2 Å². The number of amides is 2. The Morgan fingerprint density at radius 1 is 0.926 bits per heavy atom. The van der Waals surface area contributed by atoms with Crippen LogP contribution in [-0.4, -0.2) is 12.6 Å². The van der Waals surface area contributed by atoms with Gasteiger partial charge in [-0.05, 0) is 42.2 Å². The van der Waals surface area contributed by atoms with E-state index in [9.17, 15) is 9.18 Å². The van der Waals surface area contributed by atoms with Crippen LogP contribution in [-0.2, 0) is 0 Å². The minimum atomic E-state index is -0.335. The van der Waals surface area contributed by atoms with E-state index in [-0.39, 0.29) is 17.8 Å². The van der Waals surface area contributed by atoms with Gasteiger partial charge in [0, 0.05) is 18.2 Å². The van der Waals surface area contributed by atoms with Crippen LogP contribution in [0.1, 0.15) is 29.0 Å². The van der Waals surface area contributed by atoms with Crippen molar-refractivity contribution >= 4 is 11.7 Å². The summed E-state index contributed by atoms with van der Waals surface area (Å²) in [5.41, 5.74) is 3.42. The van der Waals surface area contributed by atoms with E-state index in [4.69, 9.17) is 0 Å². The first kappa shape index (κ1) is 18.6. The molecule has 0 aliphatic heterocycles. The fraction of sp³-hybridized carbons (Fsp3) is 0.174. The van der Waals surface area contributed by atoms with Gasteiger partial charge in [-0.2, -0.15) is 0 Å². The Morgan fingerprint density at radius 2 is 1.52 bits per heavy atom. The molecule has 3 aromatic carbocycles. The summed E-state index contributed by atoms with van der Waals surface area (Å²) in [6.07, 6.45) is 0.768. The van der Waals surface area contributed by atoms with Crippen molar-refractivity contribution in [1.29, 1.82) is 0 Å². The van der Waals surface area contributed by atoms with Crippen molar-refractivity contribution in [2.75, 3.05) is 11.9 Å². The van der Waals surface area contributed by atoms with Crippen LogP contribution in [0.4, 0.5) is 14.9 Å². The largest absolute Gasteiger partial charge is 0.338 e. The van der Waals surface area contributed by atoms with Crippen LogP contribution in [0.3, 0.4) is 0 Å². The number of hydrogen-bond acceptors (Lipinski definition) is 1. The Labute approximate surface area is 159 Å². The molecule has 27 heavy (non-hydrogen) atoms. The lowest BCUT2D eigenvalue weighted by Gasteiger charge is -2.18. The van der Waals surface area contributed by atoms with Crippen LogP contribution >= 0.6 is 0 Å². The molecular formula is C23H23FN2O. The van der Waals surface area contributed by atoms with Gasteiger partial charge in [0.05, 0.1) is 0 Å². The Balaban J connectivity index is 1.60. The van der Waals surface area contributed by atoms with Crippen molar-refractivity contribution in [3.8, 4) is 0 Å². The van der Waals surface area contributed by atoms with Gasteiger partial charge in [-0.1, -0.05) is 66.7 Å². The third-order valence-corrected chi connectivity index (χ3v) is 4.55. The number of carbonyl (C=O) groups is 1. The molecule has 0 heterocycles. The molecule has 0 aliphatic rings. The van der Waals surface area contributed by atoms with Gasteiger partial charge < -0.3 is 10.6 Å². The third kappa shape index (κ3) is 5.17. The third-order valence-electron chi connectivity index (χ3n) is 4.55. The molecule has 0 aliphatic carbocycles. The average molecular weight is 362 g/mol. The lowest BCUT2D eigenvalue weighted by molar-refractivity contribution is 0.252. The fourth-order valence-corrected chi connectivity index (χ4v) is 3.07. The Bertz CT molecular complexity index is 842. The summed E-state index contributed by atoms with van der Waals surface area (Å²) in [6.45, 7) is 2.20. The fourth-order valence-electron chi connectivity index (χ4n) is 3.07. The van der Waals surface area contributed by atoms with E-state index in [1.54, 1.807) is 19.1 Å². The number of rotatable bonds is 6. The summed E-state index contributed by atoms with van der Waals surface area (Å²) in [7, 11) is 0. The number of nitrogens with one attached hydrogen (secondary N) is 2. The van der Waals surface area contributed by atoms with Crippen LogP contribution in [0, 0.1) is 12.7 Å². The maximum atomic E-state index is 13.6. The Morgan fingerprint density at radius 3 is 2.07 bits per heavy atom. The number of halogens is 1. The predicted octanol–water partition coefficient (Wildman–Crippen LogP) is 5.48. The van der Waals surface area contributed by atoms with Crippen LogP contribution in [0.5, 0.6) is 0 Å². The van der Waals surface area contributed by atoms with Gasteiger partial charge in [0.2, 0.25) is 0 Å². The van der Waals surface area contributed by atoms with Crippen molar-refractivity contribution in [1.82, 2.24) is 5.32 Å². The standard InChI is InChI=1S/C23H23FN2O/c1-17-12-13-20(16-22(17)24)26-23(27)25-15-14-21(18-8-4-2-5-9-18)19-10-6-3-7-11-19/h2-13,16,21H,14-15H2,1H3,(H2,25,26,27). The molecule has 2 amide bonds. The van der Waals surface area contributed by atoms with E-state index in [0.29, 0.717) is 17.8 Å².